The number of carbonyl (C=O) groups excluding carboxylic acids is 1. The molecule has 0 aliphatic rings. The molecule has 1 amide bonds. The molecule has 0 aliphatic carbocycles. The van der Waals surface area contributed by atoms with Gasteiger partial charge in [-0.1, -0.05) is 26.0 Å². The minimum Gasteiger partial charge on any atom is -0.394 e. The van der Waals surface area contributed by atoms with Crippen molar-refractivity contribution in [3.8, 4) is 11.4 Å². The molecule has 0 aliphatic heterocycles. The van der Waals surface area contributed by atoms with E-state index in [4.69, 9.17) is 0 Å². The molecule has 106 valence electrons. The molecule has 0 spiro atoms. The first-order valence-corrected chi connectivity index (χ1v) is 6.37. The number of carbonyl (C=O) groups is 1. The van der Waals surface area contributed by atoms with Crippen LogP contribution < -0.4 is 5.32 Å². The van der Waals surface area contributed by atoms with Crippen molar-refractivity contribution in [1.82, 2.24) is 25.9 Å². The average Bonchev–Trinajstić information content (AvgIpc) is 2.98. The molecular weight excluding hydrogens is 258 g/mol. The zero-order chi connectivity index (χ0) is 14.5. The Labute approximate surface area is 116 Å². The third kappa shape index (κ3) is 3.18. The molecule has 7 nitrogen and oxygen atoms in total. The maximum atomic E-state index is 12.2. The monoisotopic (exact) mass is 275 g/mol. The van der Waals surface area contributed by atoms with E-state index in [1.165, 1.54) is 0 Å². The summed E-state index contributed by atoms with van der Waals surface area (Å²) in [5.41, 5.74) is 1.20. The first-order valence-electron chi connectivity index (χ1n) is 6.37. The Hall–Kier alpha value is -2.28. The van der Waals surface area contributed by atoms with E-state index >= 15 is 0 Å². The Morgan fingerprint density at radius 3 is 2.85 bits per heavy atom. The molecule has 7 heteroatoms. The number of benzene rings is 1. The van der Waals surface area contributed by atoms with Crippen LogP contribution in [0.3, 0.4) is 0 Å². The van der Waals surface area contributed by atoms with Gasteiger partial charge in [-0.15, -0.1) is 10.2 Å². The second-order valence-electron chi connectivity index (χ2n) is 4.82. The van der Waals surface area contributed by atoms with Crippen LogP contribution in [0.25, 0.3) is 11.4 Å². The molecule has 20 heavy (non-hydrogen) atoms. The molecule has 0 saturated heterocycles. The predicted octanol–water partition coefficient (Wildman–Crippen LogP) is 0.613. The van der Waals surface area contributed by atoms with E-state index in [1.807, 2.05) is 13.8 Å². The lowest BCUT2D eigenvalue weighted by atomic mass is 10.0. The van der Waals surface area contributed by atoms with Gasteiger partial charge in [0.25, 0.3) is 5.91 Å². The number of rotatable bonds is 5. The van der Waals surface area contributed by atoms with Crippen molar-refractivity contribution in [2.45, 2.75) is 19.9 Å². The number of nitrogens with zero attached hydrogens (tertiary/aromatic N) is 3. The fourth-order valence-corrected chi connectivity index (χ4v) is 1.76. The van der Waals surface area contributed by atoms with Crippen LogP contribution in [0.2, 0.25) is 0 Å². The Kier molecular flexibility index (Phi) is 4.41. The molecule has 2 aromatic rings. The zero-order valence-electron chi connectivity index (χ0n) is 11.4. The van der Waals surface area contributed by atoms with Gasteiger partial charge in [0.1, 0.15) is 0 Å². The number of tetrazole rings is 1. The highest BCUT2D eigenvalue weighted by molar-refractivity contribution is 5.95. The number of amides is 1. The fourth-order valence-electron chi connectivity index (χ4n) is 1.76. The Balaban J connectivity index is 2.17. The van der Waals surface area contributed by atoms with Crippen LogP contribution in [-0.2, 0) is 0 Å². The van der Waals surface area contributed by atoms with Gasteiger partial charge >= 0.3 is 0 Å². The van der Waals surface area contributed by atoms with Crippen molar-refractivity contribution in [2.24, 2.45) is 5.92 Å². The molecule has 2 rings (SSSR count). The summed E-state index contributed by atoms with van der Waals surface area (Å²) in [6.07, 6.45) is 0. The Bertz CT molecular complexity index is 568. The first-order chi connectivity index (χ1) is 9.61. The lowest BCUT2D eigenvalue weighted by Crippen LogP contribution is -2.41. The molecule has 1 aromatic carbocycles. The third-order valence-corrected chi connectivity index (χ3v) is 3.05. The molecular formula is C13H17N5O2. The van der Waals surface area contributed by atoms with Crippen molar-refractivity contribution < 1.29 is 9.90 Å². The van der Waals surface area contributed by atoms with Gasteiger partial charge in [0, 0.05) is 11.1 Å². The highest BCUT2D eigenvalue weighted by atomic mass is 16.3. The van der Waals surface area contributed by atoms with E-state index in [-0.39, 0.29) is 24.5 Å². The topological polar surface area (TPSA) is 104 Å². The average molecular weight is 275 g/mol. The summed E-state index contributed by atoms with van der Waals surface area (Å²) in [5.74, 6) is 0.356. The summed E-state index contributed by atoms with van der Waals surface area (Å²) < 4.78 is 0. The highest BCUT2D eigenvalue weighted by Gasteiger charge is 2.16. The van der Waals surface area contributed by atoms with Crippen LogP contribution >= 0.6 is 0 Å². The van der Waals surface area contributed by atoms with E-state index in [2.05, 4.69) is 25.9 Å². The number of nitrogens with one attached hydrogen (secondary N) is 2. The van der Waals surface area contributed by atoms with E-state index in [1.54, 1.807) is 24.3 Å². The van der Waals surface area contributed by atoms with Gasteiger partial charge < -0.3 is 10.4 Å². The number of aliphatic hydroxyl groups is 1. The first kappa shape index (κ1) is 14.1. The van der Waals surface area contributed by atoms with Gasteiger partial charge in [0.2, 0.25) is 5.82 Å². The summed E-state index contributed by atoms with van der Waals surface area (Å²) in [6, 6.07) is 6.68. The zero-order valence-corrected chi connectivity index (χ0v) is 11.4. The quantitative estimate of drug-likeness (QED) is 0.742. The van der Waals surface area contributed by atoms with E-state index < -0.39 is 0 Å². The normalized spacial score (nSPS) is 12.4. The highest BCUT2D eigenvalue weighted by Crippen LogP contribution is 2.15. The van der Waals surface area contributed by atoms with E-state index in [0.29, 0.717) is 17.0 Å². The Morgan fingerprint density at radius 1 is 1.45 bits per heavy atom. The molecule has 0 bridgehead atoms. The maximum Gasteiger partial charge on any atom is 0.251 e. The lowest BCUT2D eigenvalue weighted by molar-refractivity contribution is 0.0897. The minimum absolute atomic E-state index is 0.0893. The van der Waals surface area contributed by atoms with Crippen LogP contribution in [0.5, 0.6) is 0 Å². The fraction of sp³-hybridized carbons (Fsp3) is 0.385. The van der Waals surface area contributed by atoms with E-state index in [9.17, 15) is 9.90 Å². The smallest absolute Gasteiger partial charge is 0.251 e. The second kappa shape index (κ2) is 6.25. The van der Waals surface area contributed by atoms with Crippen LogP contribution in [-0.4, -0.2) is 44.3 Å². The summed E-state index contributed by atoms with van der Waals surface area (Å²) >= 11 is 0. The number of hydrogen-bond donors (Lipinski definition) is 3. The molecule has 1 atom stereocenters. The number of aromatic nitrogens is 4. The van der Waals surface area contributed by atoms with E-state index in [0.717, 1.165) is 0 Å². The minimum atomic E-state index is -0.267. The Morgan fingerprint density at radius 2 is 2.25 bits per heavy atom. The number of H-pyrrole nitrogens is 1. The summed E-state index contributed by atoms with van der Waals surface area (Å²) in [6.45, 7) is 3.79. The van der Waals surface area contributed by atoms with Gasteiger partial charge in [0.05, 0.1) is 12.6 Å². The molecule has 1 heterocycles. The summed E-state index contributed by atoms with van der Waals surface area (Å²) in [7, 11) is 0. The van der Waals surface area contributed by atoms with Crippen molar-refractivity contribution in [2.75, 3.05) is 6.61 Å². The molecule has 0 saturated carbocycles. The number of aromatic amines is 1. The maximum absolute atomic E-state index is 12.2. The van der Waals surface area contributed by atoms with Gasteiger partial charge in [-0.05, 0) is 23.3 Å². The van der Waals surface area contributed by atoms with Crippen LogP contribution in [0, 0.1) is 5.92 Å². The SMILES string of the molecule is CC(C)[C@@H](CO)NC(=O)c1cccc(-c2nn[nH]n2)c1. The second-order valence-corrected chi connectivity index (χ2v) is 4.82. The molecule has 0 unspecified atom stereocenters. The van der Waals surface area contributed by atoms with Crippen LogP contribution in [0.1, 0.15) is 24.2 Å². The van der Waals surface area contributed by atoms with Crippen LogP contribution in [0.15, 0.2) is 24.3 Å². The lowest BCUT2D eigenvalue weighted by Gasteiger charge is -2.19. The molecule has 1 aromatic heterocycles. The van der Waals surface area contributed by atoms with Gasteiger partial charge in [-0.25, -0.2) is 0 Å². The van der Waals surface area contributed by atoms with Gasteiger partial charge in [-0.2, -0.15) is 5.21 Å². The largest absolute Gasteiger partial charge is 0.394 e. The molecule has 0 radical (unpaired) electrons. The summed E-state index contributed by atoms with van der Waals surface area (Å²) in [5, 5.41) is 25.7. The standard InChI is InChI=1S/C13H17N5O2/c1-8(2)11(7-19)14-13(20)10-5-3-4-9(6-10)12-15-17-18-16-12/h3-6,8,11,19H,7H2,1-2H3,(H,14,20)(H,15,16,17,18)/t11-/m1/s1. The van der Waals surface area contributed by atoms with Crippen molar-refractivity contribution in [3.05, 3.63) is 29.8 Å². The third-order valence-electron chi connectivity index (χ3n) is 3.05. The number of aliphatic hydroxyl groups excluding tert-OH is 1. The predicted molar refractivity (Wildman–Crippen MR) is 72.8 cm³/mol. The molecule has 3 N–H and O–H groups in total. The van der Waals surface area contributed by atoms with Crippen molar-refractivity contribution in [1.29, 1.82) is 0 Å². The van der Waals surface area contributed by atoms with Gasteiger partial charge in [0.15, 0.2) is 0 Å². The van der Waals surface area contributed by atoms with Gasteiger partial charge in [-0.3, -0.25) is 4.79 Å². The van der Waals surface area contributed by atoms with Crippen molar-refractivity contribution >= 4 is 5.91 Å². The molecule has 0 fully saturated rings. The summed E-state index contributed by atoms with van der Waals surface area (Å²) in [4.78, 5) is 12.2. The van der Waals surface area contributed by atoms with Crippen LogP contribution in [0.4, 0.5) is 0 Å². The van der Waals surface area contributed by atoms with Crippen molar-refractivity contribution in [3.63, 3.8) is 0 Å². The number of hydrogen-bond acceptors (Lipinski definition) is 5.